The van der Waals surface area contributed by atoms with Gasteiger partial charge in [0.15, 0.2) is 0 Å². The molecule has 0 saturated heterocycles. The van der Waals surface area contributed by atoms with Crippen LogP contribution >= 0.6 is 0 Å². The minimum Gasteiger partial charge on any atom is -0.496 e. The summed E-state index contributed by atoms with van der Waals surface area (Å²) in [4.78, 5) is 0. The van der Waals surface area contributed by atoms with Crippen molar-refractivity contribution in [2.75, 3.05) is 20.8 Å². The lowest BCUT2D eigenvalue weighted by atomic mass is 10.1. The summed E-state index contributed by atoms with van der Waals surface area (Å²) in [5.41, 5.74) is 0.804. The van der Waals surface area contributed by atoms with Crippen molar-refractivity contribution in [1.82, 2.24) is 5.32 Å². The number of aliphatic hydroxyl groups is 1. The van der Waals surface area contributed by atoms with Gasteiger partial charge in [-0.3, -0.25) is 0 Å². The maximum Gasteiger partial charge on any atom is 0.126 e. The maximum atomic E-state index is 9.28. The highest BCUT2D eigenvalue weighted by Crippen LogP contribution is 1.99. The number of nitrogens with one attached hydrogen (secondary N) is 1. The van der Waals surface area contributed by atoms with Gasteiger partial charge in [0.25, 0.3) is 0 Å². The van der Waals surface area contributed by atoms with E-state index in [-0.39, 0.29) is 6.61 Å². The molecule has 1 aromatic rings. The van der Waals surface area contributed by atoms with Crippen molar-refractivity contribution >= 4 is 11.8 Å². The SMILES string of the molecule is CC/C=c1\c(OC)ccc\c1=C(/CO)NC. The van der Waals surface area contributed by atoms with Crippen molar-refractivity contribution < 1.29 is 9.84 Å². The van der Waals surface area contributed by atoms with Crippen LogP contribution in [-0.4, -0.2) is 25.9 Å². The number of ether oxygens (including phenoxy) is 1. The highest BCUT2D eigenvalue weighted by molar-refractivity contribution is 5.47. The van der Waals surface area contributed by atoms with Crippen LogP contribution in [0.3, 0.4) is 0 Å². The fourth-order valence-corrected chi connectivity index (χ4v) is 1.70. The lowest BCUT2D eigenvalue weighted by Gasteiger charge is -2.06. The van der Waals surface area contributed by atoms with E-state index in [1.54, 1.807) is 14.2 Å². The summed E-state index contributed by atoms with van der Waals surface area (Å²) in [6.45, 7) is 2.07. The van der Waals surface area contributed by atoms with Gasteiger partial charge in [0.1, 0.15) is 5.75 Å². The normalized spacial score (nSPS) is 13.6. The Bertz CT molecular complexity index is 445. The van der Waals surface area contributed by atoms with Crippen molar-refractivity contribution in [2.24, 2.45) is 0 Å². The molecule has 3 heteroatoms. The van der Waals surface area contributed by atoms with Crippen molar-refractivity contribution in [3.05, 3.63) is 28.6 Å². The van der Waals surface area contributed by atoms with E-state index in [1.165, 1.54) is 0 Å². The average Bonchev–Trinajstić information content (AvgIpc) is 2.32. The molecular formula is C13H19NO2. The van der Waals surface area contributed by atoms with Crippen LogP contribution < -0.4 is 20.5 Å². The largest absolute Gasteiger partial charge is 0.496 e. The van der Waals surface area contributed by atoms with Crippen LogP contribution in [-0.2, 0) is 0 Å². The number of aliphatic hydroxyl groups excluding tert-OH is 1. The molecule has 0 atom stereocenters. The molecule has 16 heavy (non-hydrogen) atoms. The summed E-state index contributed by atoms with van der Waals surface area (Å²) in [7, 11) is 3.46. The number of hydrogen-bond acceptors (Lipinski definition) is 3. The molecular weight excluding hydrogens is 202 g/mol. The molecule has 0 aromatic heterocycles. The molecule has 0 amide bonds. The van der Waals surface area contributed by atoms with Crippen LogP contribution in [0.2, 0.25) is 0 Å². The third-order valence-electron chi connectivity index (χ3n) is 2.48. The van der Waals surface area contributed by atoms with E-state index in [9.17, 15) is 5.11 Å². The molecule has 0 saturated carbocycles. The van der Waals surface area contributed by atoms with Crippen LogP contribution in [0.1, 0.15) is 13.3 Å². The average molecular weight is 221 g/mol. The monoisotopic (exact) mass is 221 g/mol. The summed E-state index contributed by atoms with van der Waals surface area (Å²) in [5, 5.41) is 14.3. The second-order valence-corrected chi connectivity index (χ2v) is 3.42. The quantitative estimate of drug-likeness (QED) is 0.763. The Balaban J connectivity index is 3.63. The maximum absolute atomic E-state index is 9.28. The molecule has 0 spiro atoms. The van der Waals surface area contributed by atoms with Gasteiger partial charge in [-0.15, -0.1) is 0 Å². The fraction of sp³-hybridized carbons (Fsp3) is 0.385. The molecule has 2 N–H and O–H groups in total. The predicted octanol–water partition coefficient (Wildman–Crippen LogP) is 0.206. The lowest BCUT2D eigenvalue weighted by Crippen LogP contribution is -2.33. The van der Waals surface area contributed by atoms with Gasteiger partial charge in [-0.05, 0) is 12.5 Å². The number of rotatable bonds is 4. The molecule has 0 aliphatic rings. The first kappa shape index (κ1) is 12.6. The van der Waals surface area contributed by atoms with Gasteiger partial charge in [0, 0.05) is 23.2 Å². The first-order valence-corrected chi connectivity index (χ1v) is 5.43. The lowest BCUT2D eigenvalue weighted by molar-refractivity contribution is 0.343. The highest BCUT2D eigenvalue weighted by Gasteiger charge is 1.99. The predicted molar refractivity (Wildman–Crippen MR) is 66.6 cm³/mol. The summed E-state index contributed by atoms with van der Waals surface area (Å²) in [5.74, 6) is 0.834. The zero-order chi connectivity index (χ0) is 12.0. The van der Waals surface area contributed by atoms with Gasteiger partial charge >= 0.3 is 0 Å². The molecule has 88 valence electrons. The van der Waals surface area contributed by atoms with Crippen LogP contribution in [0.15, 0.2) is 18.2 Å². The molecule has 0 aliphatic heterocycles. The van der Waals surface area contributed by atoms with E-state index in [2.05, 4.69) is 18.3 Å². The Hall–Kier alpha value is -1.48. The molecule has 0 heterocycles. The second kappa shape index (κ2) is 6.18. The second-order valence-electron chi connectivity index (χ2n) is 3.42. The van der Waals surface area contributed by atoms with Gasteiger partial charge < -0.3 is 15.2 Å². The molecule has 3 nitrogen and oxygen atoms in total. The Kier molecular flexibility index (Phi) is 4.86. The van der Waals surface area contributed by atoms with E-state index < -0.39 is 0 Å². The molecule has 1 aromatic carbocycles. The number of hydrogen-bond donors (Lipinski definition) is 2. The summed E-state index contributed by atoms with van der Waals surface area (Å²) in [6.07, 6.45) is 3.02. The standard InChI is InChI=1S/C13H19NO2/c1-4-6-11-10(12(9-15)14-2)7-5-8-13(11)16-3/h5-8,14-15H,4,9H2,1-3H3/b11-6-,12-10-. The smallest absolute Gasteiger partial charge is 0.126 e. The summed E-state index contributed by atoms with van der Waals surface area (Å²) in [6, 6.07) is 5.83. The zero-order valence-corrected chi connectivity index (χ0v) is 10.1. The first-order chi connectivity index (χ1) is 7.78. The Labute approximate surface area is 96.1 Å². The van der Waals surface area contributed by atoms with Crippen LogP contribution in [0, 0.1) is 0 Å². The van der Waals surface area contributed by atoms with Gasteiger partial charge in [0.2, 0.25) is 0 Å². The zero-order valence-electron chi connectivity index (χ0n) is 10.1. The minimum absolute atomic E-state index is 0.00573. The van der Waals surface area contributed by atoms with Gasteiger partial charge in [-0.25, -0.2) is 0 Å². The van der Waals surface area contributed by atoms with Crippen molar-refractivity contribution in [1.29, 1.82) is 0 Å². The summed E-state index contributed by atoms with van der Waals surface area (Å²) < 4.78 is 5.32. The molecule has 0 radical (unpaired) electrons. The minimum atomic E-state index is -0.00573. The topological polar surface area (TPSA) is 41.5 Å². The Morgan fingerprint density at radius 3 is 2.75 bits per heavy atom. The highest BCUT2D eigenvalue weighted by atomic mass is 16.5. The number of likely N-dealkylation sites (N-methyl/N-ethyl adjacent to an activating group) is 1. The van der Waals surface area contributed by atoms with Crippen LogP contribution in [0.4, 0.5) is 0 Å². The van der Waals surface area contributed by atoms with Crippen molar-refractivity contribution in [3.63, 3.8) is 0 Å². The fourth-order valence-electron chi connectivity index (χ4n) is 1.70. The van der Waals surface area contributed by atoms with Crippen LogP contribution in [0.5, 0.6) is 5.75 Å². The van der Waals surface area contributed by atoms with E-state index in [0.29, 0.717) is 0 Å². The van der Waals surface area contributed by atoms with Crippen LogP contribution in [0.25, 0.3) is 11.8 Å². The van der Waals surface area contributed by atoms with E-state index in [0.717, 1.165) is 28.3 Å². The van der Waals surface area contributed by atoms with Crippen molar-refractivity contribution in [2.45, 2.75) is 13.3 Å². The number of methoxy groups -OCH3 is 1. The molecule has 0 unspecified atom stereocenters. The first-order valence-electron chi connectivity index (χ1n) is 5.43. The Morgan fingerprint density at radius 1 is 1.50 bits per heavy atom. The molecule has 0 bridgehead atoms. The summed E-state index contributed by atoms with van der Waals surface area (Å²) >= 11 is 0. The van der Waals surface area contributed by atoms with Gasteiger partial charge in [0.05, 0.1) is 13.7 Å². The third kappa shape index (κ3) is 2.55. The van der Waals surface area contributed by atoms with E-state index >= 15 is 0 Å². The molecule has 0 fully saturated rings. The van der Waals surface area contributed by atoms with Gasteiger partial charge in [-0.1, -0.05) is 25.1 Å². The van der Waals surface area contributed by atoms with Crippen molar-refractivity contribution in [3.8, 4) is 5.75 Å². The number of benzene rings is 1. The van der Waals surface area contributed by atoms with E-state index in [4.69, 9.17) is 4.74 Å². The molecule has 0 aliphatic carbocycles. The van der Waals surface area contributed by atoms with Gasteiger partial charge in [-0.2, -0.15) is 0 Å². The van der Waals surface area contributed by atoms with E-state index in [1.807, 2.05) is 18.2 Å². The third-order valence-corrected chi connectivity index (χ3v) is 2.48. The molecule has 1 rings (SSSR count). The Morgan fingerprint density at radius 2 is 2.25 bits per heavy atom.